The Morgan fingerprint density at radius 3 is 1.39 bits per heavy atom. The number of fused-ring (bicyclic) bond motifs is 6. The number of para-hydroxylation sites is 2. The molecule has 2 aromatic heterocycles. The van der Waals surface area contributed by atoms with Gasteiger partial charge in [-0.05, 0) is 93.7 Å². The fourth-order valence-electron chi connectivity index (χ4n) is 7.73. The number of hydrogen-bond donors (Lipinski definition) is 0. The summed E-state index contributed by atoms with van der Waals surface area (Å²) in [5.41, 5.74) is 5.72. The molecule has 2 heterocycles. The van der Waals surface area contributed by atoms with Crippen molar-refractivity contribution < 1.29 is 13.2 Å². The number of benzene rings is 6. The lowest BCUT2D eigenvalue weighted by molar-refractivity contribution is -0.137. The Hall–Kier alpha value is -6.31. The molecule has 7 heteroatoms. The van der Waals surface area contributed by atoms with Crippen molar-refractivity contribution in [3.63, 3.8) is 0 Å². The van der Waals surface area contributed by atoms with Crippen LogP contribution in [0.25, 0.3) is 66.1 Å². The zero-order valence-electron chi connectivity index (χ0n) is 30.9. The predicted molar refractivity (Wildman–Crippen MR) is 212 cm³/mol. The van der Waals surface area contributed by atoms with Crippen molar-refractivity contribution in [3.05, 3.63) is 143 Å². The van der Waals surface area contributed by atoms with Crippen molar-refractivity contribution in [1.82, 2.24) is 9.13 Å². The van der Waals surface area contributed by atoms with Gasteiger partial charge in [0.1, 0.15) is 11.6 Å². The highest BCUT2D eigenvalue weighted by atomic mass is 19.4. The summed E-state index contributed by atoms with van der Waals surface area (Å²) in [5.74, 6) is 0. The highest BCUT2D eigenvalue weighted by Crippen LogP contribution is 2.44. The summed E-state index contributed by atoms with van der Waals surface area (Å²) in [7, 11) is 0. The summed E-state index contributed by atoms with van der Waals surface area (Å²) < 4.78 is 48.6. The number of halogens is 3. The van der Waals surface area contributed by atoms with Crippen molar-refractivity contribution in [3.8, 4) is 34.6 Å². The van der Waals surface area contributed by atoms with Crippen LogP contribution in [0.3, 0.4) is 0 Å². The van der Waals surface area contributed by atoms with Crippen molar-refractivity contribution in [2.24, 2.45) is 0 Å². The summed E-state index contributed by atoms with van der Waals surface area (Å²) >= 11 is 0. The molecule has 0 radical (unpaired) electrons. The van der Waals surface area contributed by atoms with E-state index in [4.69, 9.17) is 0 Å². The molecule has 0 saturated heterocycles. The Morgan fingerprint density at radius 2 is 0.963 bits per heavy atom. The smallest absolute Gasteiger partial charge is 0.308 e. The minimum absolute atomic E-state index is 0.0833. The topological polar surface area (TPSA) is 57.4 Å². The quantitative estimate of drug-likeness (QED) is 0.183. The van der Waals surface area contributed by atoms with E-state index >= 15 is 0 Å². The number of nitriles is 2. The van der Waals surface area contributed by atoms with Crippen molar-refractivity contribution in [2.45, 2.75) is 58.5 Å². The first-order valence-electron chi connectivity index (χ1n) is 17.9. The van der Waals surface area contributed by atoms with E-state index in [0.29, 0.717) is 16.9 Å². The van der Waals surface area contributed by atoms with Gasteiger partial charge in [0.15, 0.2) is 0 Å². The number of alkyl halides is 3. The highest BCUT2D eigenvalue weighted by Gasteiger charge is 2.35. The molecule has 0 unspecified atom stereocenters. The molecule has 0 N–H and O–H groups in total. The monoisotopic (exact) mass is 714 g/mol. The SMILES string of the molecule is CC(C)(C)c1ccc2c(c1)c1ccccc1n2-c1cc(-c2ccc(C#N)cc2C(F)(F)F)cc(-n2c3ccccc3c3cc(C(C)(C)C)ccc32)c1C#N. The van der Waals surface area contributed by atoms with E-state index in [9.17, 15) is 23.7 Å². The Morgan fingerprint density at radius 1 is 0.500 bits per heavy atom. The van der Waals surface area contributed by atoms with E-state index in [1.807, 2.05) is 75.9 Å². The summed E-state index contributed by atoms with van der Waals surface area (Å²) in [5, 5.41) is 24.7. The standard InChI is InChI=1S/C47H37F3N4/c1-45(2,3)30-16-19-41-35(24-30)33-11-7-9-13-39(33)53(41)43-22-29(32-18-15-28(26-51)21-38(32)47(48,49)50)23-44(37(43)27-52)54-40-14-10-8-12-34(40)36-25-31(46(4,5)6)17-20-42(36)54/h7-25H,1-6H3. The van der Waals surface area contributed by atoms with Crippen LogP contribution in [0.15, 0.2) is 115 Å². The number of aromatic nitrogens is 2. The number of nitrogens with zero attached hydrogens (tertiary/aromatic N) is 4. The molecule has 0 aliphatic carbocycles. The minimum atomic E-state index is -4.75. The molecule has 8 aromatic rings. The fraction of sp³-hybridized carbons (Fsp3) is 0.191. The van der Waals surface area contributed by atoms with Gasteiger partial charge < -0.3 is 9.13 Å². The maximum atomic E-state index is 14.9. The van der Waals surface area contributed by atoms with Gasteiger partial charge in [-0.25, -0.2) is 0 Å². The Labute approximate surface area is 311 Å². The normalized spacial score (nSPS) is 12.5. The summed E-state index contributed by atoms with van der Waals surface area (Å²) in [6.07, 6.45) is -4.75. The average Bonchev–Trinajstić information content (AvgIpc) is 3.65. The molecule has 0 amide bonds. The van der Waals surface area contributed by atoms with Crippen LogP contribution in [0, 0.1) is 22.7 Å². The Kier molecular flexibility index (Phi) is 7.80. The molecule has 6 aromatic carbocycles. The molecule has 54 heavy (non-hydrogen) atoms. The second kappa shape index (κ2) is 12.1. The molecule has 266 valence electrons. The van der Waals surface area contributed by atoms with Crippen LogP contribution in [-0.4, -0.2) is 9.13 Å². The molecule has 8 rings (SSSR count). The van der Waals surface area contributed by atoms with Gasteiger partial charge in [0.2, 0.25) is 0 Å². The summed E-state index contributed by atoms with van der Waals surface area (Å²) in [6, 6.07) is 39.9. The maximum absolute atomic E-state index is 14.9. The number of hydrogen-bond acceptors (Lipinski definition) is 2. The molecular weight excluding hydrogens is 678 g/mol. The Bertz CT molecular complexity index is 2760. The molecule has 0 saturated carbocycles. The Balaban J connectivity index is 1.56. The molecule has 0 fully saturated rings. The molecule has 0 aliphatic heterocycles. The van der Waals surface area contributed by atoms with Crippen LogP contribution in [0.2, 0.25) is 0 Å². The van der Waals surface area contributed by atoms with E-state index < -0.39 is 11.7 Å². The molecule has 0 aliphatic rings. The van der Waals surface area contributed by atoms with Gasteiger partial charge in [-0.15, -0.1) is 0 Å². The van der Waals surface area contributed by atoms with Gasteiger partial charge in [-0.3, -0.25) is 0 Å². The van der Waals surface area contributed by atoms with Crippen molar-refractivity contribution in [1.29, 1.82) is 10.5 Å². The van der Waals surface area contributed by atoms with E-state index in [-0.39, 0.29) is 27.5 Å². The highest BCUT2D eigenvalue weighted by molar-refractivity contribution is 6.11. The van der Waals surface area contributed by atoms with Crippen LogP contribution in [-0.2, 0) is 17.0 Å². The van der Waals surface area contributed by atoms with Crippen LogP contribution >= 0.6 is 0 Å². The zero-order valence-corrected chi connectivity index (χ0v) is 30.9. The minimum Gasteiger partial charge on any atom is -0.308 e. The predicted octanol–water partition coefficient (Wildman–Crippen LogP) is 12.9. The van der Waals surface area contributed by atoms with Crippen molar-refractivity contribution in [2.75, 3.05) is 0 Å². The third-order valence-electron chi connectivity index (χ3n) is 10.5. The average molecular weight is 715 g/mol. The largest absolute Gasteiger partial charge is 0.417 e. The third-order valence-corrected chi connectivity index (χ3v) is 10.5. The van der Waals surface area contributed by atoms with E-state index in [2.05, 4.69) is 71.9 Å². The van der Waals surface area contributed by atoms with Gasteiger partial charge >= 0.3 is 6.18 Å². The van der Waals surface area contributed by atoms with Gasteiger partial charge in [0.05, 0.1) is 50.6 Å². The van der Waals surface area contributed by atoms with E-state index in [0.717, 1.165) is 60.8 Å². The van der Waals surface area contributed by atoms with E-state index in [1.165, 1.54) is 12.1 Å². The van der Waals surface area contributed by atoms with Crippen LogP contribution in [0.1, 0.15) is 69.4 Å². The first-order valence-corrected chi connectivity index (χ1v) is 17.9. The first kappa shape index (κ1) is 34.8. The summed E-state index contributed by atoms with van der Waals surface area (Å²) in [6.45, 7) is 12.9. The third kappa shape index (κ3) is 5.51. The molecule has 4 nitrogen and oxygen atoms in total. The molecule has 0 spiro atoms. The van der Waals surface area contributed by atoms with Crippen LogP contribution in [0.5, 0.6) is 0 Å². The van der Waals surface area contributed by atoms with Gasteiger partial charge in [0.25, 0.3) is 0 Å². The second-order valence-electron chi connectivity index (χ2n) is 16.0. The summed E-state index contributed by atoms with van der Waals surface area (Å²) in [4.78, 5) is 0. The van der Waals surface area contributed by atoms with Gasteiger partial charge in [-0.2, -0.15) is 23.7 Å². The van der Waals surface area contributed by atoms with E-state index in [1.54, 1.807) is 12.1 Å². The fourth-order valence-corrected chi connectivity index (χ4v) is 7.73. The van der Waals surface area contributed by atoms with Gasteiger partial charge in [-0.1, -0.05) is 96.1 Å². The molecule has 0 atom stereocenters. The maximum Gasteiger partial charge on any atom is 0.417 e. The second-order valence-corrected chi connectivity index (χ2v) is 16.0. The number of rotatable bonds is 3. The van der Waals surface area contributed by atoms with Crippen LogP contribution in [0.4, 0.5) is 13.2 Å². The lowest BCUT2D eigenvalue weighted by atomic mass is 9.86. The lowest BCUT2D eigenvalue weighted by Crippen LogP contribution is -2.11. The van der Waals surface area contributed by atoms with Crippen molar-refractivity contribution >= 4 is 43.6 Å². The lowest BCUT2D eigenvalue weighted by Gasteiger charge is -2.21. The zero-order chi connectivity index (χ0) is 38.3. The molecule has 0 bridgehead atoms. The van der Waals surface area contributed by atoms with Gasteiger partial charge in [0, 0.05) is 21.5 Å². The van der Waals surface area contributed by atoms with Crippen LogP contribution < -0.4 is 0 Å². The first-order chi connectivity index (χ1) is 25.6. The molecular formula is C47H37F3N4.